The highest BCUT2D eigenvalue weighted by molar-refractivity contribution is 6.12. The van der Waals surface area contributed by atoms with Crippen molar-refractivity contribution in [2.75, 3.05) is 26.2 Å². The van der Waals surface area contributed by atoms with Crippen LogP contribution < -0.4 is 0 Å². The number of amides is 2. The number of imide groups is 1. The molecule has 0 aromatic heterocycles. The lowest BCUT2D eigenvalue weighted by Crippen LogP contribution is -2.41. The molecule has 0 N–H and O–H groups in total. The Morgan fingerprint density at radius 1 is 1.21 bits per heavy atom. The van der Waals surface area contributed by atoms with E-state index in [9.17, 15) is 9.59 Å². The van der Waals surface area contributed by atoms with Gasteiger partial charge in [-0.05, 0) is 44.8 Å². The Hall–Kier alpha value is -1.60. The first-order valence-electron chi connectivity index (χ1n) is 6.90. The van der Waals surface area contributed by atoms with Crippen molar-refractivity contribution in [1.29, 1.82) is 0 Å². The molecule has 0 spiro atoms. The highest BCUT2D eigenvalue weighted by atomic mass is 16.2. The minimum absolute atomic E-state index is 0.165. The number of unbranched alkanes of at least 4 members (excludes halogenated alkanes) is 1. The largest absolute Gasteiger partial charge is 0.303 e. The topological polar surface area (TPSA) is 40.6 Å². The Bertz CT molecular complexity index is 396. The van der Waals surface area contributed by atoms with E-state index in [0.29, 0.717) is 12.5 Å². The van der Waals surface area contributed by atoms with E-state index in [1.807, 2.05) is 0 Å². The van der Waals surface area contributed by atoms with E-state index in [1.165, 1.54) is 17.1 Å². The molecule has 2 heterocycles. The van der Waals surface area contributed by atoms with Gasteiger partial charge in [0.1, 0.15) is 0 Å². The van der Waals surface area contributed by atoms with Gasteiger partial charge < -0.3 is 4.90 Å². The number of carbonyl (C=O) groups is 2. The molecule has 0 aliphatic carbocycles. The van der Waals surface area contributed by atoms with Crippen molar-refractivity contribution in [3.8, 4) is 12.3 Å². The van der Waals surface area contributed by atoms with Crippen LogP contribution in [0.2, 0.25) is 0 Å². The molecule has 1 fully saturated rings. The molecule has 19 heavy (non-hydrogen) atoms. The van der Waals surface area contributed by atoms with Gasteiger partial charge >= 0.3 is 0 Å². The number of likely N-dealkylation sites (tertiary alicyclic amines) is 1. The summed E-state index contributed by atoms with van der Waals surface area (Å²) in [6, 6.07) is 0. The van der Waals surface area contributed by atoms with Crippen LogP contribution in [-0.4, -0.2) is 47.8 Å². The van der Waals surface area contributed by atoms with Crippen LogP contribution in [0.1, 0.15) is 25.7 Å². The molecule has 102 valence electrons. The van der Waals surface area contributed by atoms with Crippen LogP contribution in [0.25, 0.3) is 0 Å². The van der Waals surface area contributed by atoms with Crippen molar-refractivity contribution in [2.24, 2.45) is 5.92 Å². The molecule has 0 aromatic rings. The van der Waals surface area contributed by atoms with Crippen molar-refractivity contribution in [2.45, 2.75) is 25.7 Å². The quantitative estimate of drug-likeness (QED) is 0.421. The predicted octanol–water partition coefficient (Wildman–Crippen LogP) is 1.04. The Balaban J connectivity index is 1.70. The summed E-state index contributed by atoms with van der Waals surface area (Å²) >= 11 is 0. The molecular formula is C15H20N2O2. The highest BCUT2D eigenvalue weighted by Gasteiger charge is 2.28. The minimum atomic E-state index is -0.165. The summed E-state index contributed by atoms with van der Waals surface area (Å²) < 4.78 is 0. The van der Waals surface area contributed by atoms with Crippen molar-refractivity contribution >= 4 is 11.8 Å². The summed E-state index contributed by atoms with van der Waals surface area (Å²) in [6.07, 6.45) is 11.9. The van der Waals surface area contributed by atoms with E-state index in [0.717, 1.165) is 45.3 Å². The Kier molecular flexibility index (Phi) is 4.75. The summed E-state index contributed by atoms with van der Waals surface area (Å²) in [5, 5.41) is 0. The van der Waals surface area contributed by atoms with E-state index in [4.69, 9.17) is 6.42 Å². The second-order valence-corrected chi connectivity index (χ2v) is 5.21. The maximum Gasteiger partial charge on any atom is 0.253 e. The number of rotatable bonds is 5. The Labute approximate surface area is 114 Å². The van der Waals surface area contributed by atoms with Gasteiger partial charge in [0.15, 0.2) is 0 Å². The third kappa shape index (κ3) is 3.68. The maximum atomic E-state index is 11.5. The average Bonchev–Trinajstić information content (AvgIpc) is 2.73. The van der Waals surface area contributed by atoms with Crippen LogP contribution >= 0.6 is 0 Å². The standard InChI is InChI=1S/C15H20N2O2/c1-2-3-4-9-16-10-7-13(8-11-16)12-17-14(18)5-6-15(17)19/h1,5-6,13H,3-4,7-12H2. The zero-order valence-corrected chi connectivity index (χ0v) is 11.2. The first kappa shape index (κ1) is 13.8. The second-order valence-electron chi connectivity index (χ2n) is 5.21. The van der Waals surface area contributed by atoms with E-state index >= 15 is 0 Å². The second kappa shape index (κ2) is 6.53. The van der Waals surface area contributed by atoms with Gasteiger partial charge in [-0.2, -0.15) is 0 Å². The normalized spacial score (nSPS) is 21.1. The van der Waals surface area contributed by atoms with Crippen LogP contribution in [0.3, 0.4) is 0 Å². The zero-order valence-electron chi connectivity index (χ0n) is 11.2. The van der Waals surface area contributed by atoms with Crippen molar-refractivity contribution in [1.82, 2.24) is 9.80 Å². The molecule has 2 amide bonds. The average molecular weight is 260 g/mol. The fraction of sp³-hybridized carbons (Fsp3) is 0.600. The molecule has 1 saturated heterocycles. The number of hydrogen-bond donors (Lipinski definition) is 0. The van der Waals surface area contributed by atoms with Gasteiger partial charge in [-0.3, -0.25) is 14.5 Å². The molecule has 0 aromatic carbocycles. The summed E-state index contributed by atoms with van der Waals surface area (Å²) in [5.74, 6) is 2.77. The lowest BCUT2D eigenvalue weighted by Gasteiger charge is -2.33. The van der Waals surface area contributed by atoms with Gasteiger partial charge in [-0.25, -0.2) is 0 Å². The van der Waals surface area contributed by atoms with Crippen LogP contribution in [0.4, 0.5) is 0 Å². The van der Waals surface area contributed by atoms with Crippen LogP contribution in [0.5, 0.6) is 0 Å². The predicted molar refractivity (Wildman–Crippen MR) is 73.1 cm³/mol. The monoisotopic (exact) mass is 260 g/mol. The number of terminal acetylenes is 1. The lowest BCUT2D eigenvalue weighted by atomic mass is 9.96. The molecule has 0 atom stereocenters. The summed E-state index contributed by atoms with van der Waals surface area (Å²) in [6.45, 7) is 3.71. The van der Waals surface area contributed by atoms with Crippen LogP contribution in [0, 0.1) is 18.3 Å². The smallest absolute Gasteiger partial charge is 0.253 e. The minimum Gasteiger partial charge on any atom is -0.303 e. The molecule has 0 saturated carbocycles. The first-order chi connectivity index (χ1) is 9.20. The number of carbonyl (C=O) groups excluding carboxylic acids is 2. The maximum absolute atomic E-state index is 11.5. The van der Waals surface area contributed by atoms with Gasteiger partial charge in [0.25, 0.3) is 11.8 Å². The molecule has 2 rings (SSSR count). The Morgan fingerprint density at radius 2 is 1.84 bits per heavy atom. The van der Waals surface area contributed by atoms with Gasteiger partial charge in [0, 0.05) is 25.1 Å². The van der Waals surface area contributed by atoms with Gasteiger partial charge in [-0.15, -0.1) is 12.3 Å². The molecule has 2 aliphatic heterocycles. The Morgan fingerprint density at radius 3 is 2.42 bits per heavy atom. The molecular weight excluding hydrogens is 240 g/mol. The van der Waals surface area contributed by atoms with E-state index < -0.39 is 0 Å². The molecule has 2 aliphatic rings. The fourth-order valence-electron chi connectivity index (χ4n) is 2.67. The summed E-state index contributed by atoms with van der Waals surface area (Å²) in [5.41, 5.74) is 0. The SMILES string of the molecule is C#CCCCN1CCC(CN2C(=O)C=CC2=O)CC1. The summed E-state index contributed by atoms with van der Waals surface area (Å²) in [7, 11) is 0. The summed E-state index contributed by atoms with van der Waals surface area (Å²) in [4.78, 5) is 26.7. The molecule has 0 radical (unpaired) electrons. The number of nitrogens with zero attached hydrogens (tertiary/aromatic N) is 2. The third-order valence-corrected chi connectivity index (χ3v) is 3.84. The molecule has 0 unspecified atom stereocenters. The van der Waals surface area contributed by atoms with Crippen LogP contribution in [0.15, 0.2) is 12.2 Å². The van der Waals surface area contributed by atoms with E-state index in [1.54, 1.807) is 0 Å². The highest BCUT2D eigenvalue weighted by Crippen LogP contribution is 2.20. The van der Waals surface area contributed by atoms with E-state index in [2.05, 4.69) is 10.8 Å². The van der Waals surface area contributed by atoms with Crippen molar-refractivity contribution < 1.29 is 9.59 Å². The lowest BCUT2D eigenvalue weighted by molar-refractivity contribution is -0.137. The molecule has 4 heteroatoms. The third-order valence-electron chi connectivity index (χ3n) is 3.84. The number of hydrogen-bond acceptors (Lipinski definition) is 3. The molecule has 4 nitrogen and oxygen atoms in total. The zero-order chi connectivity index (χ0) is 13.7. The van der Waals surface area contributed by atoms with Gasteiger partial charge in [0.2, 0.25) is 0 Å². The van der Waals surface area contributed by atoms with Gasteiger partial charge in [0.05, 0.1) is 0 Å². The molecule has 0 bridgehead atoms. The van der Waals surface area contributed by atoms with Crippen molar-refractivity contribution in [3.63, 3.8) is 0 Å². The van der Waals surface area contributed by atoms with E-state index in [-0.39, 0.29) is 11.8 Å². The fourth-order valence-corrected chi connectivity index (χ4v) is 2.67. The first-order valence-corrected chi connectivity index (χ1v) is 6.90. The van der Waals surface area contributed by atoms with Gasteiger partial charge in [-0.1, -0.05) is 0 Å². The number of piperidine rings is 1. The van der Waals surface area contributed by atoms with Crippen molar-refractivity contribution in [3.05, 3.63) is 12.2 Å². The van der Waals surface area contributed by atoms with Crippen LogP contribution in [-0.2, 0) is 9.59 Å².